The van der Waals surface area contributed by atoms with Crippen molar-refractivity contribution >= 4 is 5.91 Å². The van der Waals surface area contributed by atoms with Crippen LogP contribution in [-0.4, -0.2) is 29.2 Å². The fraction of sp³-hybridized carbons (Fsp3) is 0.368. The Kier molecular flexibility index (Phi) is 5.08. The number of carbonyl (C=O) groups is 1. The van der Waals surface area contributed by atoms with Gasteiger partial charge in [-0.2, -0.15) is 0 Å². The molecule has 0 spiro atoms. The predicted molar refractivity (Wildman–Crippen MR) is 93.7 cm³/mol. The SMILES string of the molecule is COc1ccc(F)cc1C(NC(=O)c1c[nH]c(C)cc1=O)C1CC(O)C1. The van der Waals surface area contributed by atoms with Crippen molar-refractivity contribution in [1.82, 2.24) is 10.3 Å². The van der Waals surface area contributed by atoms with Gasteiger partial charge in [0.05, 0.1) is 19.3 Å². The van der Waals surface area contributed by atoms with Crippen LogP contribution in [0.2, 0.25) is 0 Å². The smallest absolute Gasteiger partial charge is 0.257 e. The molecule has 1 saturated carbocycles. The Morgan fingerprint density at radius 1 is 1.38 bits per heavy atom. The van der Waals surface area contributed by atoms with Crippen LogP contribution in [0.5, 0.6) is 5.75 Å². The van der Waals surface area contributed by atoms with E-state index in [9.17, 15) is 19.1 Å². The van der Waals surface area contributed by atoms with Gasteiger partial charge < -0.3 is 20.1 Å². The number of aromatic amines is 1. The van der Waals surface area contributed by atoms with Crippen molar-refractivity contribution in [1.29, 1.82) is 0 Å². The second-order valence-electron chi connectivity index (χ2n) is 6.62. The molecule has 1 heterocycles. The number of aliphatic hydroxyl groups excluding tert-OH is 1. The molecule has 1 aliphatic rings. The highest BCUT2D eigenvalue weighted by molar-refractivity contribution is 5.94. The van der Waals surface area contributed by atoms with Crippen LogP contribution in [0.25, 0.3) is 0 Å². The predicted octanol–water partition coefficient (Wildman–Crippen LogP) is 2.07. The summed E-state index contributed by atoms with van der Waals surface area (Å²) in [6, 6.07) is 4.87. The molecular formula is C19H21FN2O4. The molecule has 1 aliphatic carbocycles. The lowest BCUT2D eigenvalue weighted by atomic mass is 9.74. The molecule has 3 rings (SSSR count). The average molecular weight is 360 g/mol. The van der Waals surface area contributed by atoms with E-state index in [4.69, 9.17) is 4.74 Å². The van der Waals surface area contributed by atoms with Gasteiger partial charge in [-0.25, -0.2) is 4.39 Å². The zero-order valence-electron chi connectivity index (χ0n) is 14.6. The number of ether oxygens (including phenoxy) is 1. The van der Waals surface area contributed by atoms with Crippen LogP contribution >= 0.6 is 0 Å². The molecule has 0 bridgehead atoms. The summed E-state index contributed by atoms with van der Waals surface area (Å²) in [6.07, 6.45) is 1.88. The number of H-pyrrole nitrogens is 1. The Morgan fingerprint density at radius 3 is 2.73 bits per heavy atom. The summed E-state index contributed by atoms with van der Waals surface area (Å²) in [7, 11) is 1.47. The first kappa shape index (κ1) is 18.1. The number of aryl methyl sites for hydroxylation is 1. The summed E-state index contributed by atoms with van der Waals surface area (Å²) in [5.41, 5.74) is 0.728. The van der Waals surface area contributed by atoms with Gasteiger partial charge in [-0.15, -0.1) is 0 Å². The Bertz CT molecular complexity index is 874. The molecule has 3 N–H and O–H groups in total. The molecule has 0 radical (unpaired) electrons. The number of hydrogen-bond acceptors (Lipinski definition) is 4. The number of pyridine rings is 1. The molecular weight excluding hydrogens is 339 g/mol. The number of halogens is 1. The van der Waals surface area contributed by atoms with Crippen LogP contribution in [0.15, 0.2) is 35.3 Å². The molecule has 0 aliphatic heterocycles. The number of aromatic nitrogens is 1. The van der Waals surface area contributed by atoms with Crippen molar-refractivity contribution < 1.29 is 19.0 Å². The Hall–Kier alpha value is -2.67. The number of hydrogen-bond donors (Lipinski definition) is 3. The van der Waals surface area contributed by atoms with E-state index >= 15 is 0 Å². The third kappa shape index (κ3) is 3.62. The third-order valence-electron chi connectivity index (χ3n) is 4.74. The molecule has 26 heavy (non-hydrogen) atoms. The average Bonchev–Trinajstić information content (AvgIpc) is 2.57. The van der Waals surface area contributed by atoms with Crippen LogP contribution in [0, 0.1) is 18.7 Å². The topological polar surface area (TPSA) is 91.4 Å². The minimum atomic E-state index is -0.572. The highest BCUT2D eigenvalue weighted by Crippen LogP contribution is 2.41. The summed E-state index contributed by atoms with van der Waals surface area (Å²) < 4.78 is 19.1. The first-order valence-electron chi connectivity index (χ1n) is 8.40. The zero-order valence-corrected chi connectivity index (χ0v) is 14.6. The highest BCUT2D eigenvalue weighted by Gasteiger charge is 2.37. The number of methoxy groups -OCH3 is 1. The molecule has 2 aromatic rings. The number of benzene rings is 1. The highest BCUT2D eigenvalue weighted by atomic mass is 19.1. The Morgan fingerprint density at radius 2 is 2.12 bits per heavy atom. The van der Waals surface area contributed by atoms with Gasteiger partial charge in [0.1, 0.15) is 17.1 Å². The van der Waals surface area contributed by atoms with Gasteiger partial charge in [-0.05, 0) is 43.9 Å². The second-order valence-corrected chi connectivity index (χ2v) is 6.62. The summed E-state index contributed by atoms with van der Waals surface area (Å²) >= 11 is 0. The van der Waals surface area contributed by atoms with Gasteiger partial charge in [0.15, 0.2) is 5.43 Å². The molecule has 1 aromatic carbocycles. The van der Waals surface area contributed by atoms with Gasteiger partial charge >= 0.3 is 0 Å². The number of nitrogens with one attached hydrogen (secondary N) is 2. The first-order chi connectivity index (χ1) is 12.4. The quantitative estimate of drug-likeness (QED) is 0.761. The first-order valence-corrected chi connectivity index (χ1v) is 8.40. The van der Waals surface area contributed by atoms with Gasteiger partial charge in [-0.3, -0.25) is 9.59 Å². The lowest BCUT2D eigenvalue weighted by Crippen LogP contribution is -2.42. The third-order valence-corrected chi connectivity index (χ3v) is 4.74. The second kappa shape index (κ2) is 7.29. The molecule has 138 valence electrons. The van der Waals surface area contributed by atoms with Crippen LogP contribution < -0.4 is 15.5 Å². The molecule has 6 nitrogen and oxygen atoms in total. The van der Waals surface area contributed by atoms with Crippen molar-refractivity contribution in [2.75, 3.05) is 7.11 Å². The van der Waals surface area contributed by atoms with Crippen molar-refractivity contribution in [2.45, 2.75) is 31.9 Å². The van der Waals surface area contributed by atoms with E-state index < -0.39 is 29.3 Å². The van der Waals surface area contributed by atoms with Crippen LogP contribution in [0.1, 0.15) is 40.5 Å². The molecule has 1 unspecified atom stereocenters. The van der Waals surface area contributed by atoms with E-state index in [1.54, 1.807) is 6.92 Å². The van der Waals surface area contributed by atoms with Crippen LogP contribution in [0.3, 0.4) is 0 Å². The van der Waals surface area contributed by atoms with Gasteiger partial charge in [0, 0.05) is 23.5 Å². The molecule has 7 heteroatoms. The van der Waals surface area contributed by atoms with Crippen molar-refractivity contribution in [3.8, 4) is 5.75 Å². The van der Waals surface area contributed by atoms with Crippen molar-refractivity contribution in [2.24, 2.45) is 5.92 Å². The molecule has 1 atom stereocenters. The summed E-state index contributed by atoms with van der Waals surface area (Å²) in [5, 5.41) is 12.5. The monoisotopic (exact) mass is 360 g/mol. The Balaban J connectivity index is 1.94. The lowest BCUT2D eigenvalue weighted by Gasteiger charge is -2.38. The number of aliphatic hydroxyl groups is 1. The summed E-state index contributed by atoms with van der Waals surface area (Å²) in [6.45, 7) is 1.72. The largest absolute Gasteiger partial charge is 0.496 e. The fourth-order valence-corrected chi connectivity index (χ4v) is 3.27. The normalized spacial score (nSPS) is 20.2. The molecule has 1 aromatic heterocycles. The van der Waals surface area contributed by atoms with E-state index in [1.165, 1.54) is 37.6 Å². The summed E-state index contributed by atoms with van der Waals surface area (Å²) in [5.74, 6) is -0.637. The summed E-state index contributed by atoms with van der Waals surface area (Å²) in [4.78, 5) is 27.6. The fourth-order valence-electron chi connectivity index (χ4n) is 3.27. The van der Waals surface area contributed by atoms with E-state index in [-0.39, 0.29) is 11.5 Å². The maximum Gasteiger partial charge on any atom is 0.257 e. The van der Waals surface area contributed by atoms with E-state index in [0.717, 1.165) is 0 Å². The minimum absolute atomic E-state index is 0.0177. The Labute approximate surface area is 150 Å². The van der Waals surface area contributed by atoms with Crippen LogP contribution in [-0.2, 0) is 0 Å². The number of amides is 1. The van der Waals surface area contributed by atoms with Crippen LogP contribution in [0.4, 0.5) is 4.39 Å². The number of rotatable bonds is 5. The molecule has 1 fully saturated rings. The maximum absolute atomic E-state index is 13.8. The zero-order chi connectivity index (χ0) is 18.8. The minimum Gasteiger partial charge on any atom is -0.496 e. The van der Waals surface area contributed by atoms with E-state index in [1.807, 2.05) is 0 Å². The van der Waals surface area contributed by atoms with E-state index in [0.29, 0.717) is 29.8 Å². The van der Waals surface area contributed by atoms with Gasteiger partial charge in [-0.1, -0.05) is 0 Å². The van der Waals surface area contributed by atoms with Crippen molar-refractivity contribution in [3.63, 3.8) is 0 Å². The van der Waals surface area contributed by atoms with E-state index in [2.05, 4.69) is 10.3 Å². The van der Waals surface area contributed by atoms with Gasteiger partial charge in [0.2, 0.25) is 0 Å². The van der Waals surface area contributed by atoms with Crippen molar-refractivity contribution in [3.05, 3.63) is 63.3 Å². The number of carbonyl (C=O) groups excluding carboxylic acids is 1. The molecule has 1 amide bonds. The molecule has 0 saturated heterocycles. The van der Waals surface area contributed by atoms with Gasteiger partial charge in [0.25, 0.3) is 5.91 Å². The standard InChI is InChI=1S/C19H21FN2O4/c1-10-5-16(24)15(9-21-10)19(25)22-18(11-6-13(23)7-11)14-8-12(20)3-4-17(14)26-2/h3-5,8-9,11,13,18,23H,6-7H2,1-2H3,(H,21,24)(H,22,25). The maximum atomic E-state index is 13.8. The lowest BCUT2D eigenvalue weighted by molar-refractivity contribution is 0.0231.